The van der Waals surface area contributed by atoms with Crippen molar-refractivity contribution in [3.8, 4) is 0 Å². The van der Waals surface area contributed by atoms with Crippen molar-refractivity contribution < 1.29 is 19.9 Å². The van der Waals surface area contributed by atoms with E-state index in [2.05, 4.69) is 0 Å². The van der Waals surface area contributed by atoms with Crippen molar-refractivity contribution in [2.45, 2.75) is 30.8 Å². The highest BCUT2D eigenvalue weighted by Crippen LogP contribution is 2.32. The summed E-state index contributed by atoms with van der Waals surface area (Å²) < 4.78 is 0. The molecule has 1 amide bonds. The van der Waals surface area contributed by atoms with Gasteiger partial charge in [0, 0.05) is 12.1 Å². The van der Waals surface area contributed by atoms with Crippen LogP contribution in [0.4, 0.5) is 5.69 Å². The molecule has 26 heavy (non-hydrogen) atoms. The van der Waals surface area contributed by atoms with Crippen LogP contribution in [-0.2, 0) is 11.2 Å². The molecule has 0 unspecified atom stereocenters. The van der Waals surface area contributed by atoms with Crippen LogP contribution in [0.25, 0.3) is 0 Å². The number of hydrogen-bond acceptors (Lipinski definition) is 6. The van der Waals surface area contributed by atoms with E-state index in [1.54, 1.807) is 0 Å². The standard InChI is InChI=1S/C18H19N3O5/c19-15(16(22)12-6-8-13(9-7-12)21(25)26)18(24)20-14(17(20)23)10-11-4-2-1-3-5-11/h1-9,14-17,22-23H,10,19H2/t14-,15+,16-,17-,20?/m0/s1. The molecule has 136 valence electrons. The Morgan fingerprint density at radius 3 is 2.38 bits per heavy atom. The number of carbonyl (C=O) groups is 1. The van der Waals surface area contributed by atoms with Crippen LogP contribution in [0.1, 0.15) is 17.2 Å². The predicted octanol–water partition coefficient (Wildman–Crippen LogP) is 0.727. The summed E-state index contributed by atoms with van der Waals surface area (Å²) in [6, 6.07) is 13.0. The Labute approximate surface area is 149 Å². The average molecular weight is 357 g/mol. The number of nitro groups is 1. The van der Waals surface area contributed by atoms with Crippen LogP contribution in [0.15, 0.2) is 54.6 Å². The molecule has 8 heteroatoms. The van der Waals surface area contributed by atoms with Crippen molar-refractivity contribution in [1.29, 1.82) is 0 Å². The first kappa shape index (κ1) is 18.0. The number of carbonyl (C=O) groups excluding carboxylic acids is 1. The SMILES string of the molecule is N[C@@H](C(=O)N1[C@@H](O)[C@@H]1Cc1ccccc1)[C@@H](O)c1ccc([N+](=O)[O-])cc1. The minimum absolute atomic E-state index is 0.120. The molecule has 0 aliphatic carbocycles. The van der Waals surface area contributed by atoms with Gasteiger partial charge in [-0.3, -0.25) is 14.9 Å². The van der Waals surface area contributed by atoms with E-state index in [1.165, 1.54) is 29.2 Å². The third kappa shape index (κ3) is 3.57. The molecule has 2 aromatic carbocycles. The van der Waals surface area contributed by atoms with Gasteiger partial charge < -0.3 is 20.8 Å². The lowest BCUT2D eigenvalue weighted by Crippen LogP contribution is -2.41. The maximum Gasteiger partial charge on any atom is 0.269 e. The molecule has 3 rings (SSSR count). The first-order valence-electron chi connectivity index (χ1n) is 8.12. The Morgan fingerprint density at radius 1 is 1.19 bits per heavy atom. The molecule has 1 aliphatic heterocycles. The van der Waals surface area contributed by atoms with E-state index in [0.717, 1.165) is 5.56 Å². The Kier molecular flexibility index (Phi) is 4.99. The van der Waals surface area contributed by atoms with Gasteiger partial charge >= 0.3 is 0 Å². The third-order valence-electron chi connectivity index (χ3n) is 4.51. The maximum atomic E-state index is 12.5. The number of amides is 1. The second-order valence-corrected chi connectivity index (χ2v) is 6.24. The van der Waals surface area contributed by atoms with E-state index in [1.807, 2.05) is 30.3 Å². The van der Waals surface area contributed by atoms with Crippen molar-refractivity contribution in [2.24, 2.45) is 5.73 Å². The van der Waals surface area contributed by atoms with Crippen LogP contribution in [0.3, 0.4) is 0 Å². The molecule has 0 spiro atoms. The average Bonchev–Trinajstić information content (AvgIpc) is 3.29. The van der Waals surface area contributed by atoms with E-state index < -0.39 is 29.2 Å². The van der Waals surface area contributed by atoms with Gasteiger partial charge in [-0.1, -0.05) is 30.3 Å². The predicted molar refractivity (Wildman–Crippen MR) is 92.8 cm³/mol. The highest BCUT2D eigenvalue weighted by molar-refractivity contribution is 5.85. The van der Waals surface area contributed by atoms with Crippen molar-refractivity contribution in [3.05, 3.63) is 75.8 Å². The fourth-order valence-electron chi connectivity index (χ4n) is 2.93. The largest absolute Gasteiger partial charge is 0.386 e. The van der Waals surface area contributed by atoms with Crippen LogP contribution in [0, 0.1) is 10.1 Å². The number of non-ortho nitro benzene ring substituents is 1. The van der Waals surface area contributed by atoms with Crippen molar-refractivity contribution >= 4 is 11.6 Å². The Bertz CT molecular complexity index is 796. The van der Waals surface area contributed by atoms with Crippen LogP contribution < -0.4 is 5.73 Å². The second-order valence-electron chi connectivity index (χ2n) is 6.24. The second kappa shape index (κ2) is 7.20. The highest BCUT2D eigenvalue weighted by atomic mass is 16.6. The summed E-state index contributed by atoms with van der Waals surface area (Å²) in [6.45, 7) is 0. The molecule has 2 aromatic rings. The van der Waals surface area contributed by atoms with Gasteiger partial charge in [-0.2, -0.15) is 0 Å². The molecule has 1 heterocycles. The number of aliphatic hydroxyl groups is 2. The monoisotopic (exact) mass is 357 g/mol. The summed E-state index contributed by atoms with van der Waals surface area (Å²) in [5.74, 6) is -0.565. The molecule has 0 bridgehead atoms. The quantitative estimate of drug-likeness (QED) is 0.397. The molecule has 1 aliphatic rings. The zero-order valence-corrected chi connectivity index (χ0v) is 13.8. The number of nitro benzene ring substituents is 1. The summed E-state index contributed by atoms with van der Waals surface area (Å²) in [4.78, 5) is 23.8. The third-order valence-corrected chi connectivity index (χ3v) is 4.51. The van der Waals surface area contributed by atoms with E-state index in [9.17, 15) is 25.1 Å². The van der Waals surface area contributed by atoms with Crippen LogP contribution >= 0.6 is 0 Å². The summed E-state index contributed by atoms with van der Waals surface area (Å²) in [5, 5.41) is 31.0. The number of rotatable bonds is 6. The molecule has 1 saturated heterocycles. The number of benzene rings is 2. The lowest BCUT2D eigenvalue weighted by atomic mass is 10.0. The number of aliphatic hydroxyl groups excluding tert-OH is 2. The van der Waals surface area contributed by atoms with E-state index in [0.29, 0.717) is 12.0 Å². The van der Waals surface area contributed by atoms with Crippen molar-refractivity contribution in [3.63, 3.8) is 0 Å². The smallest absolute Gasteiger partial charge is 0.269 e. The first-order chi connectivity index (χ1) is 12.4. The molecule has 0 radical (unpaired) electrons. The molecule has 0 aromatic heterocycles. The van der Waals surface area contributed by atoms with Crippen LogP contribution in [0.2, 0.25) is 0 Å². The lowest BCUT2D eigenvalue weighted by molar-refractivity contribution is -0.384. The first-order valence-corrected chi connectivity index (χ1v) is 8.12. The summed E-state index contributed by atoms with van der Waals surface area (Å²) >= 11 is 0. The zero-order valence-electron chi connectivity index (χ0n) is 13.8. The lowest BCUT2D eigenvalue weighted by Gasteiger charge is -2.19. The normalized spacial score (nSPS) is 21.1. The Balaban J connectivity index is 1.64. The zero-order chi connectivity index (χ0) is 18.8. The minimum Gasteiger partial charge on any atom is -0.386 e. The molecule has 1 fully saturated rings. The van der Waals surface area contributed by atoms with Gasteiger partial charge in [0.2, 0.25) is 5.91 Å². The summed E-state index contributed by atoms with van der Waals surface area (Å²) in [5.41, 5.74) is 7.02. The maximum absolute atomic E-state index is 12.5. The van der Waals surface area contributed by atoms with E-state index >= 15 is 0 Å². The fourth-order valence-corrected chi connectivity index (χ4v) is 2.93. The number of nitrogens with two attached hydrogens (primary N) is 1. The summed E-state index contributed by atoms with van der Waals surface area (Å²) in [7, 11) is 0. The molecular weight excluding hydrogens is 338 g/mol. The van der Waals surface area contributed by atoms with Gasteiger partial charge in [-0.15, -0.1) is 0 Å². The molecule has 4 N–H and O–H groups in total. The van der Waals surface area contributed by atoms with E-state index in [-0.39, 0.29) is 11.7 Å². The van der Waals surface area contributed by atoms with Gasteiger partial charge in [-0.05, 0) is 29.7 Å². The molecule has 0 saturated carbocycles. The van der Waals surface area contributed by atoms with Gasteiger partial charge in [-0.25, -0.2) is 0 Å². The van der Waals surface area contributed by atoms with Crippen LogP contribution in [-0.4, -0.2) is 44.3 Å². The summed E-state index contributed by atoms with van der Waals surface area (Å²) in [6.07, 6.45) is -1.76. The van der Waals surface area contributed by atoms with Gasteiger partial charge in [0.05, 0.1) is 11.0 Å². The number of hydrogen-bond donors (Lipinski definition) is 3. The topological polar surface area (TPSA) is 130 Å². The minimum atomic E-state index is -1.33. The molecule has 8 nitrogen and oxygen atoms in total. The van der Waals surface area contributed by atoms with Gasteiger partial charge in [0.15, 0.2) is 6.23 Å². The van der Waals surface area contributed by atoms with E-state index in [4.69, 9.17) is 5.73 Å². The van der Waals surface area contributed by atoms with Gasteiger partial charge in [0.25, 0.3) is 5.69 Å². The Morgan fingerprint density at radius 2 is 1.81 bits per heavy atom. The fraction of sp³-hybridized carbons (Fsp3) is 0.278. The number of nitrogens with zero attached hydrogens (tertiary/aromatic N) is 2. The van der Waals surface area contributed by atoms with Crippen molar-refractivity contribution in [2.75, 3.05) is 0 Å². The Hall–Kier alpha value is -2.81. The highest BCUT2D eigenvalue weighted by Gasteiger charge is 2.51. The molecular formula is C18H19N3O5. The van der Waals surface area contributed by atoms with Crippen molar-refractivity contribution in [1.82, 2.24) is 4.90 Å². The van der Waals surface area contributed by atoms with Crippen LogP contribution in [0.5, 0.6) is 0 Å². The molecule has 4 atom stereocenters. The van der Waals surface area contributed by atoms with Gasteiger partial charge in [0.1, 0.15) is 12.1 Å².